The zero-order valence-corrected chi connectivity index (χ0v) is 12.8. The molecule has 8 heteroatoms. The summed E-state index contributed by atoms with van der Waals surface area (Å²) in [6.07, 6.45) is 0.437. The molecule has 1 amide bonds. The number of rotatable bonds is 4. The minimum Gasteiger partial charge on any atom is -0.379 e. The van der Waals surface area contributed by atoms with Gasteiger partial charge in [-0.2, -0.15) is 0 Å². The van der Waals surface area contributed by atoms with Crippen molar-refractivity contribution in [2.45, 2.75) is 23.8 Å². The highest BCUT2D eigenvalue weighted by atomic mass is 32.2. The number of hydrogen-bond acceptors (Lipinski definition) is 5. The Morgan fingerprint density at radius 2 is 2.14 bits per heavy atom. The molecule has 0 aliphatic carbocycles. The fourth-order valence-corrected chi connectivity index (χ4v) is 2.78. The normalized spacial score (nSPS) is 22.2. The van der Waals surface area contributed by atoms with Crippen molar-refractivity contribution in [1.29, 1.82) is 0 Å². The van der Waals surface area contributed by atoms with Crippen LogP contribution in [-0.2, 0) is 19.6 Å². The fourth-order valence-electron chi connectivity index (χ4n) is 2.03. The molecule has 0 bridgehead atoms. The highest BCUT2D eigenvalue weighted by Crippen LogP contribution is 2.23. The van der Waals surface area contributed by atoms with Gasteiger partial charge >= 0.3 is 0 Å². The third-order valence-corrected chi connectivity index (χ3v) is 4.95. The second-order valence-electron chi connectivity index (χ2n) is 5.10. The molecule has 1 aromatic rings. The molecule has 0 saturated carbocycles. The Labute approximate surface area is 123 Å². The van der Waals surface area contributed by atoms with Crippen LogP contribution in [0.2, 0.25) is 0 Å². The summed E-state index contributed by atoms with van der Waals surface area (Å²) in [5.74, 6) is -0.373. The lowest BCUT2D eigenvalue weighted by Crippen LogP contribution is -2.51. The number of carbonyl (C=O) groups excluding carboxylic acids is 1. The third kappa shape index (κ3) is 3.24. The van der Waals surface area contributed by atoms with Crippen LogP contribution in [0.5, 0.6) is 0 Å². The predicted octanol–water partition coefficient (Wildman–Crippen LogP) is -0.0406. The topological polar surface area (TPSA) is 111 Å². The van der Waals surface area contributed by atoms with E-state index in [-0.39, 0.29) is 17.4 Å². The van der Waals surface area contributed by atoms with Gasteiger partial charge in [-0.3, -0.25) is 4.79 Å². The summed E-state index contributed by atoms with van der Waals surface area (Å²) >= 11 is 0. The van der Waals surface area contributed by atoms with E-state index in [4.69, 9.17) is 10.5 Å². The van der Waals surface area contributed by atoms with Crippen LogP contribution in [0, 0.1) is 6.92 Å². The summed E-state index contributed by atoms with van der Waals surface area (Å²) in [4.78, 5) is 12.3. The highest BCUT2D eigenvalue weighted by Gasteiger charge is 2.38. The lowest BCUT2D eigenvalue weighted by molar-refractivity contribution is -0.121. The van der Waals surface area contributed by atoms with Crippen molar-refractivity contribution in [3.63, 3.8) is 0 Å². The summed E-state index contributed by atoms with van der Waals surface area (Å²) in [6.45, 7) is 2.38. The van der Waals surface area contributed by atoms with Crippen LogP contribution in [0.4, 0.5) is 5.69 Å². The second kappa shape index (κ2) is 5.72. The van der Waals surface area contributed by atoms with Gasteiger partial charge in [0.25, 0.3) is 0 Å². The van der Waals surface area contributed by atoms with Crippen molar-refractivity contribution >= 4 is 21.6 Å². The van der Waals surface area contributed by atoms with E-state index in [1.165, 1.54) is 19.2 Å². The van der Waals surface area contributed by atoms with Crippen LogP contribution in [0.3, 0.4) is 0 Å². The van der Waals surface area contributed by atoms with E-state index >= 15 is 0 Å². The molecule has 7 nitrogen and oxygen atoms in total. The molecule has 21 heavy (non-hydrogen) atoms. The van der Waals surface area contributed by atoms with Crippen molar-refractivity contribution < 1.29 is 17.9 Å². The molecule has 1 aromatic carbocycles. The maximum Gasteiger partial charge on any atom is 0.246 e. The molecule has 0 radical (unpaired) electrons. The Kier molecular flexibility index (Phi) is 4.33. The molecule has 116 valence electrons. The summed E-state index contributed by atoms with van der Waals surface area (Å²) in [6, 6.07) is 4.53. The maximum atomic E-state index is 12.2. The van der Waals surface area contributed by atoms with E-state index in [2.05, 4.69) is 10.0 Å². The van der Waals surface area contributed by atoms with Gasteiger partial charge in [-0.1, -0.05) is 6.07 Å². The Morgan fingerprint density at radius 3 is 2.71 bits per heavy atom. The molecule has 4 N–H and O–H groups in total. The molecule has 1 fully saturated rings. The van der Waals surface area contributed by atoms with Gasteiger partial charge in [-0.15, -0.1) is 0 Å². The molecule has 1 aliphatic heterocycles. The Balaban J connectivity index is 2.28. The Hall–Kier alpha value is -1.48. The standard InChI is InChI=1S/C13H19N3O4S/c1-9-3-4-10(21(18,19)15-2)7-11(9)16-12(17)13(14)5-6-20-8-13/h3-4,7,15H,5-6,8,14H2,1-2H3,(H,16,17). The van der Waals surface area contributed by atoms with Gasteiger partial charge in [-0.05, 0) is 38.1 Å². The first-order chi connectivity index (χ1) is 9.78. The molecule has 0 spiro atoms. The van der Waals surface area contributed by atoms with E-state index in [1.807, 2.05) is 0 Å². The number of anilines is 1. The molecule has 1 unspecified atom stereocenters. The van der Waals surface area contributed by atoms with Crippen LogP contribution < -0.4 is 15.8 Å². The number of sulfonamides is 1. The molecule has 1 atom stereocenters. The zero-order chi connectivity index (χ0) is 15.7. The molecule has 1 saturated heterocycles. The van der Waals surface area contributed by atoms with Gasteiger partial charge in [-0.25, -0.2) is 13.1 Å². The van der Waals surface area contributed by atoms with E-state index < -0.39 is 15.6 Å². The molecular weight excluding hydrogens is 294 g/mol. The lowest BCUT2D eigenvalue weighted by Gasteiger charge is -2.21. The molecule has 1 heterocycles. The van der Waals surface area contributed by atoms with Gasteiger partial charge in [0.05, 0.1) is 11.5 Å². The van der Waals surface area contributed by atoms with Crippen LogP contribution in [-0.4, -0.2) is 40.1 Å². The molecule has 2 rings (SSSR count). The van der Waals surface area contributed by atoms with Gasteiger partial charge < -0.3 is 15.8 Å². The first-order valence-corrected chi connectivity index (χ1v) is 7.99. The largest absolute Gasteiger partial charge is 0.379 e. The maximum absolute atomic E-state index is 12.2. The number of aryl methyl sites for hydroxylation is 1. The first-order valence-electron chi connectivity index (χ1n) is 6.51. The Morgan fingerprint density at radius 1 is 1.43 bits per heavy atom. The van der Waals surface area contributed by atoms with Crippen LogP contribution in [0.1, 0.15) is 12.0 Å². The number of nitrogens with two attached hydrogens (primary N) is 1. The van der Waals surface area contributed by atoms with E-state index in [9.17, 15) is 13.2 Å². The Bertz CT molecular complexity index is 651. The van der Waals surface area contributed by atoms with E-state index in [0.29, 0.717) is 18.7 Å². The number of hydrogen-bond donors (Lipinski definition) is 3. The van der Waals surface area contributed by atoms with Crippen LogP contribution in [0.25, 0.3) is 0 Å². The van der Waals surface area contributed by atoms with Gasteiger partial charge in [0.15, 0.2) is 0 Å². The van der Waals surface area contributed by atoms with Crippen LogP contribution in [0.15, 0.2) is 23.1 Å². The van der Waals surface area contributed by atoms with Crippen molar-refractivity contribution in [3.8, 4) is 0 Å². The van der Waals surface area contributed by atoms with Crippen molar-refractivity contribution in [3.05, 3.63) is 23.8 Å². The minimum atomic E-state index is -3.56. The number of carbonyl (C=O) groups is 1. The summed E-state index contributed by atoms with van der Waals surface area (Å²) in [5, 5.41) is 2.69. The average molecular weight is 313 g/mol. The summed E-state index contributed by atoms with van der Waals surface area (Å²) < 4.78 is 31.0. The number of nitrogens with one attached hydrogen (secondary N) is 2. The van der Waals surface area contributed by atoms with Gasteiger partial charge in [0.2, 0.25) is 15.9 Å². The second-order valence-corrected chi connectivity index (χ2v) is 6.98. The predicted molar refractivity (Wildman–Crippen MR) is 78.4 cm³/mol. The van der Waals surface area contributed by atoms with E-state index in [1.54, 1.807) is 13.0 Å². The van der Waals surface area contributed by atoms with Gasteiger partial charge in [0, 0.05) is 12.3 Å². The quantitative estimate of drug-likeness (QED) is 0.722. The summed E-state index contributed by atoms with van der Waals surface area (Å²) in [5.41, 5.74) is 6.09. The first kappa shape index (κ1) is 15.9. The van der Waals surface area contributed by atoms with Crippen LogP contribution >= 0.6 is 0 Å². The van der Waals surface area contributed by atoms with Crippen molar-refractivity contribution in [2.75, 3.05) is 25.6 Å². The van der Waals surface area contributed by atoms with E-state index in [0.717, 1.165) is 5.56 Å². The van der Waals surface area contributed by atoms with Crippen molar-refractivity contribution in [1.82, 2.24) is 4.72 Å². The SMILES string of the molecule is CNS(=O)(=O)c1ccc(C)c(NC(=O)C2(N)CCOC2)c1. The smallest absolute Gasteiger partial charge is 0.246 e. The zero-order valence-electron chi connectivity index (χ0n) is 12.0. The minimum absolute atomic E-state index is 0.0830. The number of benzene rings is 1. The van der Waals surface area contributed by atoms with Gasteiger partial charge in [0.1, 0.15) is 5.54 Å². The lowest BCUT2D eigenvalue weighted by atomic mass is 9.99. The molecule has 1 aliphatic rings. The molecule has 0 aromatic heterocycles. The van der Waals surface area contributed by atoms with Crippen molar-refractivity contribution in [2.24, 2.45) is 5.73 Å². The monoisotopic (exact) mass is 313 g/mol. The fraction of sp³-hybridized carbons (Fsp3) is 0.462. The average Bonchev–Trinajstić information content (AvgIpc) is 2.89. The molecular formula is C13H19N3O4S. The highest BCUT2D eigenvalue weighted by molar-refractivity contribution is 7.89. The third-order valence-electron chi connectivity index (χ3n) is 3.54. The number of amides is 1. The summed E-state index contributed by atoms with van der Waals surface area (Å²) in [7, 11) is -2.23. The number of ether oxygens (including phenoxy) is 1.